The van der Waals surface area contributed by atoms with Crippen molar-refractivity contribution in [3.05, 3.63) is 14.2 Å². The van der Waals surface area contributed by atoms with E-state index in [9.17, 15) is 0 Å². The summed E-state index contributed by atoms with van der Waals surface area (Å²) < 4.78 is 2.49. The van der Waals surface area contributed by atoms with Gasteiger partial charge in [0.25, 0.3) is 0 Å². The van der Waals surface area contributed by atoms with Gasteiger partial charge in [0.2, 0.25) is 0 Å². The van der Waals surface area contributed by atoms with Gasteiger partial charge in [0.05, 0.1) is 9.71 Å². The smallest absolute Gasteiger partial charge is 0.155 e. The maximum absolute atomic E-state index is 4.31. The first-order chi connectivity index (χ1) is 5.68. The van der Waals surface area contributed by atoms with E-state index in [2.05, 4.69) is 47.0 Å². The van der Waals surface area contributed by atoms with Crippen LogP contribution in [0.2, 0.25) is 0 Å². The van der Waals surface area contributed by atoms with E-state index < -0.39 is 0 Å². The van der Waals surface area contributed by atoms with Gasteiger partial charge in [-0.25, -0.2) is 4.98 Å². The zero-order valence-corrected chi connectivity index (χ0v) is 9.99. The monoisotopic (exact) mass is 307 g/mol. The number of halogens is 2. The second kappa shape index (κ2) is 3.01. The molecular formula is C6H3Br2N3S. The van der Waals surface area contributed by atoms with E-state index in [1.165, 1.54) is 0 Å². The number of rotatable bonds is 0. The molecule has 0 spiro atoms. The van der Waals surface area contributed by atoms with Crippen molar-refractivity contribution in [3.63, 3.8) is 0 Å². The summed E-state index contributed by atoms with van der Waals surface area (Å²) in [6, 6.07) is 0. The molecule has 0 aliphatic rings. The number of aryl methyl sites for hydroxylation is 1. The minimum absolute atomic E-state index is 0.699. The number of hydrogen-bond acceptors (Lipinski definition) is 4. The predicted molar refractivity (Wildman–Crippen MR) is 55.3 cm³/mol. The highest BCUT2D eigenvalue weighted by Crippen LogP contribution is 2.30. The molecule has 2 rings (SSSR count). The summed E-state index contributed by atoms with van der Waals surface area (Å²) in [6.07, 6.45) is 0. The third-order valence-electron chi connectivity index (χ3n) is 1.34. The molecule has 2 heterocycles. The Morgan fingerprint density at radius 2 is 1.83 bits per heavy atom. The molecule has 0 fully saturated rings. The molecule has 0 amide bonds. The standard InChI is InChI=1S/C6H3Br2N3S/c1-2-9-3-4(12-2)6(8)11-10-5(3)7/h1H3. The van der Waals surface area contributed by atoms with Crippen molar-refractivity contribution in [1.82, 2.24) is 15.2 Å². The third-order valence-corrected chi connectivity index (χ3v) is 3.67. The molecule has 2 aromatic rings. The quantitative estimate of drug-likeness (QED) is 0.751. The van der Waals surface area contributed by atoms with E-state index in [1.54, 1.807) is 11.3 Å². The van der Waals surface area contributed by atoms with Crippen molar-refractivity contribution in [3.8, 4) is 0 Å². The van der Waals surface area contributed by atoms with Gasteiger partial charge < -0.3 is 0 Å². The Labute approximate surface area is 89.5 Å². The topological polar surface area (TPSA) is 38.7 Å². The first kappa shape index (κ1) is 8.52. The van der Waals surface area contributed by atoms with Crippen LogP contribution in [-0.2, 0) is 0 Å². The van der Waals surface area contributed by atoms with Gasteiger partial charge in [-0.3, -0.25) is 0 Å². The first-order valence-electron chi connectivity index (χ1n) is 3.13. The highest BCUT2D eigenvalue weighted by atomic mass is 79.9. The van der Waals surface area contributed by atoms with Crippen LogP contribution in [-0.4, -0.2) is 15.2 Å². The minimum atomic E-state index is 0.699. The molecule has 0 saturated carbocycles. The fourth-order valence-corrected chi connectivity index (χ4v) is 2.69. The Morgan fingerprint density at radius 3 is 2.50 bits per heavy atom. The molecule has 2 aromatic heterocycles. The molecule has 62 valence electrons. The summed E-state index contributed by atoms with van der Waals surface area (Å²) in [6.45, 7) is 1.96. The van der Waals surface area contributed by atoms with Crippen LogP contribution in [0, 0.1) is 6.92 Å². The van der Waals surface area contributed by atoms with E-state index in [1.807, 2.05) is 6.92 Å². The summed E-state index contributed by atoms with van der Waals surface area (Å²) in [7, 11) is 0. The molecule has 0 unspecified atom stereocenters. The van der Waals surface area contributed by atoms with Crippen LogP contribution in [0.15, 0.2) is 9.21 Å². The van der Waals surface area contributed by atoms with Crippen LogP contribution in [0.1, 0.15) is 5.01 Å². The maximum Gasteiger partial charge on any atom is 0.155 e. The second-order valence-corrected chi connectivity index (χ2v) is 4.90. The third kappa shape index (κ3) is 1.27. The van der Waals surface area contributed by atoms with Crippen molar-refractivity contribution in [1.29, 1.82) is 0 Å². The minimum Gasteiger partial charge on any atom is -0.238 e. The van der Waals surface area contributed by atoms with Crippen LogP contribution in [0.5, 0.6) is 0 Å². The van der Waals surface area contributed by atoms with Gasteiger partial charge in [0.1, 0.15) is 10.1 Å². The van der Waals surface area contributed by atoms with E-state index in [0.717, 1.165) is 19.8 Å². The van der Waals surface area contributed by atoms with Gasteiger partial charge >= 0.3 is 0 Å². The molecule has 0 N–H and O–H groups in total. The fraction of sp³-hybridized carbons (Fsp3) is 0.167. The number of aromatic nitrogens is 3. The van der Waals surface area contributed by atoms with Gasteiger partial charge in [-0.1, -0.05) is 0 Å². The summed E-state index contributed by atoms with van der Waals surface area (Å²) in [5, 5.41) is 8.81. The van der Waals surface area contributed by atoms with Crippen LogP contribution >= 0.6 is 43.2 Å². The Morgan fingerprint density at radius 1 is 1.17 bits per heavy atom. The van der Waals surface area contributed by atoms with Crippen LogP contribution < -0.4 is 0 Å². The largest absolute Gasteiger partial charge is 0.238 e. The van der Waals surface area contributed by atoms with Crippen LogP contribution in [0.25, 0.3) is 10.2 Å². The van der Waals surface area contributed by atoms with Crippen LogP contribution in [0.3, 0.4) is 0 Å². The van der Waals surface area contributed by atoms with E-state index in [4.69, 9.17) is 0 Å². The number of fused-ring (bicyclic) bond motifs is 1. The lowest BCUT2D eigenvalue weighted by atomic mass is 10.5. The fourth-order valence-electron chi connectivity index (χ4n) is 0.887. The molecule has 0 aliphatic heterocycles. The maximum atomic E-state index is 4.31. The molecule has 0 saturated heterocycles. The lowest BCUT2D eigenvalue weighted by Gasteiger charge is -1.91. The van der Waals surface area contributed by atoms with Gasteiger partial charge in [0.15, 0.2) is 4.60 Å². The lowest BCUT2D eigenvalue weighted by molar-refractivity contribution is 1.00. The van der Waals surface area contributed by atoms with Crippen molar-refractivity contribution in [2.24, 2.45) is 0 Å². The normalized spacial score (nSPS) is 10.9. The van der Waals surface area contributed by atoms with Crippen molar-refractivity contribution in [2.75, 3.05) is 0 Å². The average Bonchev–Trinajstić information content (AvgIpc) is 2.41. The van der Waals surface area contributed by atoms with Crippen molar-refractivity contribution in [2.45, 2.75) is 6.92 Å². The number of hydrogen-bond donors (Lipinski definition) is 0. The zero-order chi connectivity index (χ0) is 8.72. The van der Waals surface area contributed by atoms with Crippen LogP contribution in [0.4, 0.5) is 0 Å². The molecule has 0 radical (unpaired) electrons. The molecule has 0 atom stereocenters. The average molecular weight is 309 g/mol. The van der Waals surface area contributed by atoms with E-state index >= 15 is 0 Å². The SMILES string of the molecule is Cc1nc2c(Br)nnc(Br)c2s1. The Bertz CT molecular complexity index is 401. The highest BCUT2D eigenvalue weighted by molar-refractivity contribution is 9.11. The van der Waals surface area contributed by atoms with Crippen molar-refractivity contribution >= 4 is 53.4 Å². The Kier molecular flexibility index (Phi) is 2.14. The van der Waals surface area contributed by atoms with Gasteiger partial charge in [-0.05, 0) is 38.8 Å². The highest BCUT2D eigenvalue weighted by Gasteiger charge is 2.09. The molecule has 0 aromatic carbocycles. The summed E-state index contributed by atoms with van der Waals surface area (Å²) in [5.41, 5.74) is 0.874. The second-order valence-electron chi connectivity index (χ2n) is 2.19. The molecule has 0 aliphatic carbocycles. The van der Waals surface area contributed by atoms with E-state index in [0.29, 0.717) is 4.60 Å². The molecular weight excluding hydrogens is 306 g/mol. The number of thiazole rings is 1. The Hall–Kier alpha value is -0.0700. The van der Waals surface area contributed by atoms with Gasteiger partial charge in [-0.15, -0.1) is 21.5 Å². The zero-order valence-electron chi connectivity index (χ0n) is 6.01. The molecule has 3 nitrogen and oxygen atoms in total. The summed E-state index contributed by atoms with van der Waals surface area (Å²) in [4.78, 5) is 4.31. The van der Waals surface area contributed by atoms with Gasteiger partial charge in [-0.2, -0.15) is 0 Å². The predicted octanol–water partition coefficient (Wildman–Crippen LogP) is 2.92. The molecule has 6 heteroatoms. The van der Waals surface area contributed by atoms with Crippen molar-refractivity contribution < 1.29 is 0 Å². The summed E-state index contributed by atoms with van der Waals surface area (Å²) in [5.74, 6) is 0. The summed E-state index contributed by atoms with van der Waals surface area (Å²) >= 11 is 8.22. The Balaban J connectivity index is 2.93. The van der Waals surface area contributed by atoms with E-state index in [-0.39, 0.29) is 0 Å². The molecule has 0 bridgehead atoms. The first-order valence-corrected chi connectivity index (χ1v) is 5.53. The molecule has 12 heavy (non-hydrogen) atoms. The number of nitrogens with zero attached hydrogens (tertiary/aromatic N) is 3. The van der Waals surface area contributed by atoms with Gasteiger partial charge in [0, 0.05) is 0 Å². The lowest BCUT2D eigenvalue weighted by Crippen LogP contribution is -1.84.